The molecule has 0 aromatic rings. The fourth-order valence-electron chi connectivity index (χ4n) is 3.55. The third-order valence-electron chi connectivity index (χ3n) is 5.33. The number of carbonyl (C=O) groups is 2. The maximum atomic E-state index is 12.3. The van der Waals surface area contributed by atoms with Crippen molar-refractivity contribution in [2.24, 2.45) is 17.3 Å². The second-order valence-electron chi connectivity index (χ2n) is 7.74. The number of aliphatic hydroxyl groups is 2. The number of aliphatic hydroxyl groups excluding tert-OH is 2. The van der Waals surface area contributed by atoms with Crippen LogP contribution in [0.3, 0.4) is 0 Å². The SMILES string of the molecule is CC1(C)C(C=C(Br)Br)C1C(=O)NCCCCCC(=O)ON1C(O)CCC1O. The Morgan fingerprint density at radius 3 is 2.41 bits per heavy atom. The summed E-state index contributed by atoms with van der Waals surface area (Å²) < 4.78 is 0.865. The molecule has 4 atom stereocenters. The molecule has 0 aromatic heterocycles. The Hall–Kier alpha value is -0.480. The van der Waals surface area contributed by atoms with E-state index in [0.717, 1.165) is 21.3 Å². The van der Waals surface area contributed by atoms with Crippen LogP contribution in [0.4, 0.5) is 0 Å². The summed E-state index contributed by atoms with van der Waals surface area (Å²) in [5, 5.41) is 23.1. The summed E-state index contributed by atoms with van der Waals surface area (Å²) in [6.45, 7) is 4.75. The monoisotopic (exact) mass is 510 g/mol. The number of nitrogens with one attached hydrogen (secondary N) is 1. The maximum absolute atomic E-state index is 12.3. The van der Waals surface area contributed by atoms with Crippen LogP contribution in [0.25, 0.3) is 0 Å². The molecule has 0 radical (unpaired) electrons. The van der Waals surface area contributed by atoms with E-state index in [2.05, 4.69) is 51.0 Å². The average Bonchev–Trinajstić information content (AvgIpc) is 2.96. The highest BCUT2D eigenvalue weighted by Crippen LogP contribution is 2.59. The lowest BCUT2D eigenvalue weighted by molar-refractivity contribution is -0.261. The summed E-state index contributed by atoms with van der Waals surface area (Å²) in [6, 6.07) is 0. The second-order valence-corrected chi connectivity index (χ2v) is 10.5. The Bertz CT molecular complexity index is 570. The highest BCUT2D eigenvalue weighted by atomic mass is 79.9. The first-order valence-corrected chi connectivity index (χ1v) is 10.9. The number of nitrogens with zero attached hydrogens (tertiary/aromatic N) is 1. The van der Waals surface area contributed by atoms with Gasteiger partial charge in [0.15, 0.2) is 0 Å². The molecule has 4 unspecified atom stereocenters. The van der Waals surface area contributed by atoms with Crippen molar-refractivity contribution in [3.8, 4) is 0 Å². The van der Waals surface area contributed by atoms with E-state index in [1.807, 2.05) is 6.08 Å². The van der Waals surface area contributed by atoms with Crippen molar-refractivity contribution >= 4 is 43.7 Å². The van der Waals surface area contributed by atoms with Crippen LogP contribution in [0.5, 0.6) is 0 Å². The topological polar surface area (TPSA) is 99.1 Å². The molecule has 7 nitrogen and oxygen atoms in total. The van der Waals surface area contributed by atoms with Crippen LogP contribution in [0.1, 0.15) is 52.4 Å². The fourth-order valence-corrected chi connectivity index (χ4v) is 4.12. The molecule has 9 heteroatoms. The molecule has 3 N–H and O–H groups in total. The number of rotatable bonds is 9. The molecule has 154 valence electrons. The highest BCUT2D eigenvalue weighted by Gasteiger charge is 2.60. The summed E-state index contributed by atoms with van der Waals surface area (Å²) in [5.41, 5.74) is -0.0364. The molecule has 0 bridgehead atoms. The zero-order chi connectivity index (χ0) is 20.2. The molecular formula is C18H28Br2N2O5. The maximum Gasteiger partial charge on any atom is 0.325 e. The van der Waals surface area contributed by atoms with Crippen LogP contribution in [-0.2, 0) is 14.4 Å². The molecule has 2 aliphatic rings. The molecule has 0 aromatic carbocycles. The van der Waals surface area contributed by atoms with Crippen LogP contribution in [-0.4, -0.2) is 46.2 Å². The van der Waals surface area contributed by atoms with Gasteiger partial charge in [0.25, 0.3) is 0 Å². The van der Waals surface area contributed by atoms with Crippen molar-refractivity contribution in [2.45, 2.75) is 64.8 Å². The van der Waals surface area contributed by atoms with Gasteiger partial charge in [0.1, 0.15) is 12.5 Å². The van der Waals surface area contributed by atoms with Crippen molar-refractivity contribution in [3.05, 3.63) is 9.47 Å². The van der Waals surface area contributed by atoms with E-state index in [9.17, 15) is 19.8 Å². The Balaban J connectivity index is 1.56. The number of hydrogen-bond donors (Lipinski definition) is 3. The van der Waals surface area contributed by atoms with Gasteiger partial charge in [-0.15, -0.1) is 0 Å². The minimum Gasteiger partial charge on any atom is -0.375 e. The fraction of sp³-hybridized carbons (Fsp3) is 0.778. The molecule has 1 aliphatic carbocycles. The predicted molar refractivity (Wildman–Crippen MR) is 107 cm³/mol. The molecule has 1 saturated heterocycles. The van der Waals surface area contributed by atoms with Gasteiger partial charge < -0.3 is 20.4 Å². The van der Waals surface area contributed by atoms with Gasteiger partial charge in [-0.2, -0.15) is 0 Å². The first-order chi connectivity index (χ1) is 12.6. The smallest absolute Gasteiger partial charge is 0.325 e. The lowest BCUT2D eigenvalue weighted by Crippen LogP contribution is -2.37. The van der Waals surface area contributed by atoms with Crippen molar-refractivity contribution in [1.82, 2.24) is 10.4 Å². The van der Waals surface area contributed by atoms with Gasteiger partial charge in [-0.05, 0) is 68.9 Å². The number of halogens is 2. The molecule has 1 aliphatic heterocycles. The van der Waals surface area contributed by atoms with Crippen molar-refractivity contribution in [2.75, 3.05) is 6.54 Å². The highest BCUT2D eigenvalue weighted by molar-refractivity contribution is 9.28. The van der Waals surface area contributed by atoms with E-state index in [-0.39, 0.29) is 29.6 Å². The van der Waals surface area contributed by atoms with Gasteiger partial charge in [0.05, 0.1) is 9.31 Å². The second kappa shape index (κ2) is 9.82. The van der Waals surface area contributed by atoms with Crippen molar-refractivity contribution in [1.29, 1.82) is 0 Å². The first kappa shape index (κ1) is 22.8. The summed E-state index contributed by atoms with van der Waals surface area (Å²) in [7, 11) is 0. The van der Waals surface area contributed by atoms with Crippen LogP contribution in [0.15, 0.2) is 9.47 Å². The Morgan fingerprint density at radius 2 is 1.81 bits per heavy atom. The molecule has 0 spiro atoms. The van der Waals surface area contributed by atoms with Gasteiger partial charge in [0, 0.05) is 13.0 Å². The molecular weight excluding hydrogens is 484 g/mol. The van der Waals surface area contributed by atoms with Crippen LogP contribution < -0.4 is 5.32 Å². The normalized spacial score (nSPS) is 29.3. The zero-order valence-electron chi connectivity index (χ0n) is 15.7. The number of unbranched alkanes of at least 4 members (excludes halogenated alkanes) is 2. The molecule has 27 heavy (non-hydrogen) atoms. The predicted octanol–water partition coefficient (Wildman–Crippen LogP) is 2.76. The van der Waals surface area contributed by atoms with Crippen molar-refractivity contribution in [3.63, 3.8) is 0 Å². The molecule has 2 fully saturated rings. The Labute approximate surface area is 176 Å². The summed E-state index contributed by atoms with van der Waals surface area (Å²) in [4.78, 5) is 29.1. The van der Waals surface area contributed by atoms with E-state index in [0.29, 0.717) is 25.8 Å². The summed E-state index contributed by atoms with van der Waals surface area (Å²) in [5.74, 6) is -0.194. The van der Waals surface area contributed by atoms with Gasteiger partial charge in [-0.3, -0.25) is 9.59 Å². The number of hydrogen-bond acceptors (Lipinski definition) is 6. The van der Waals surface area contributed by atoms with E-state index < -0.39 is 18.4 Å². The van der Waals surface area contributed by atoms with Crippen LogP contribution in [0.2, 0.25) is 0 Å². The van der Waals surface area contributed by atoms with Gasteiger partial charge in [-0.25, -0.2) is 0 Å². The summed E-state index contributed by atoms with van der Waals surface area (Å²) >= 11 is 6.69. The number of amides is 1. The Morgan fingerprint density at radius 1 is 1.19 bits per heavy atom. The van der Waals surface area contributed by atoms with E-state index >= 15 is 0 Å². The van der Waals surface area contributed by atoms with Gasteiger partial charge in [0.2, 0.25) is 5.91 Å². The van der Waals surface area contributed by atoms with E-state index in [4.69, 9.17) is 4.84 Å². The number of carbonyl (C=O) groups excluding carboxylic acids is 2. The summed E-state index contributed by atoms with van der Waals surface area (Å²) in [6.07, 6.45) is 3.32. The van der Waals surface area contributed by atoms with Gasteiger partial charge in [-0.1, -0.05) is 31.4 Å². The largest absolute Gasteiger partial charge is 0.375 e. The lowest BCUT2D eigenvalue weighted by atomic mass is 10.1. The standard InChI is InChI=1S/C18H28Br2N2O5/c1-18(2)11(10-12(19)20)16(18)17(26)21-9-5-3-4-6-15(25)27-22-13(23)7-8-14(22)24/h10-11,13-14,16,23-24H,3-9H2,1-2H3,(H,21,26). The van der Waals surface area contributed by atoms with Crippen LogP contribution >= 0.6 is 31.9 Å². The third kappa shape index (κ3) is 6.25. The molecule has 1 amide bonds. The third-order valence-corrected chi connectivity index (χ3v) is 5.86. The number of hydroxylamine groups is 2. The number of allylic oxidation sites excluding steroid dienone is 1. The van der Waals surface area contributed by atoms with Crippen molar-refractivity contribution < 1.29 is 24.6 Å². The minimum absolute atomic E-state index is 0.0177. The lowest BCUT2D eigenvalue weighted by Gasteiger charge is -2.21. The van der Waals surface area contributed by atoms with E-state index in [1.54, 1.807) is 0 Å². The average molecular weight is 512 g/mol. The van der Waals surface area contributed by atoms with E-state index in [1.165, 1.54) is 0 Å². The van der Waals surface area contributed by atoms with Gasteiger partial charge >= 0.3 is 5.97 Å². The molecule has 1 saturated carbocycles. The molecule has 1 heterocycles. The zero-order valence-corrected chi connectivity index (χ0v) is 18.8. The van der Waals surface area contributed by atoms with Crippen LogP contribution in [0, 0.1) is 17.3 Å². The Kier molecular flexibility index (Phi) is 8.30. The molecule has 2 rings (SSSR count). The quantitative estimate of drug-likeness (QED) is 0.412. The first-order valence-electron chi connectivity index (χ1n) is 9.30. The minimum atomic E-state index is -0.935.